The molecular formula is C16H12N4O. The van der Waals surface area contributed by atoms with E-state index in [1.165, 1.54) is 12.4 Å². The predicted octanol–water partition coefficient (Wildman–Crippen LogP) is 3.07. The molecule has 0 saturated heterocycles. The summed E-state index contributed by atoms with van der Waals surface area (Å²) in [6.45, 7) is 0.430. The second-order valence-electron chi connectivity index (χ2n) is 4.38. The maximum absolute atomic E-state index is 8.65. The second-order valence-corrected chi connectivity index (χ2v) is 4.38. The third-order valence-electron chi connectivity index (χ3n) is 3.02. The topological polar surface area (TPSA) is 74.6 Å². The van der Waals surface area contributed by atoms with E-state index >= 15 is 0 Å². The molecule has 3 aromatic rings. The van der Waals surface area contributed by atoms with E-state index < -0.39 is 0 Å². The van der Waals surface area contributed by atoms with Gasteiger partial charge >= 0.3 is 0 Å². The Balaban J connectivity index is 1.93. The first-order valence-electron chi connectivity index (χ1n) is 6.43. The zero-order valence-corrected chi connectivity index (χ0v) is 11.2. The van der Waals surface area contributed by atoms with Crippen molar-refractivity contribution in [1.29, 1.82) is 5.26 Å². The van der Waals surface area contributed by atoms with Gasteiger partial charge in [0.1, 0.15) is 18.6 Å². The molecule has 0 fully saturated rings. The summed E-state index contributed by atoms with van der Waals surface area (Å²) < 4.78 is 5.80. The molecule has 0 aliphatic heterocycles. The molecule has 0 aliphatic rings. The van der Waals surface area contributed by atoms with E-state index in [0.29, 0.717) is 18.1 Å². The molecule has 102 valence electrons. The van der Waals surface area contributed by atoms with Crippen LogP contribution in [0.15, 0.2) is 48.9 Å². The van der Waals surface area contributed by atoms with Crippen LogP contribution >= 0.6 is 0 Å². The van der Waals surface area contributed by atoms with Crippen molar-refractivity contribution in [2.45, 2.75) is 6.61 Å². The van der Waals surface area contributed by atoms with E-state index in [1.807, 2.05) is 36.4 Å². The van der Waals surface area contributed by atoms with Crippen LogP contribution in [0.5, 0.6) is 5.88 Å². The normalized spacial score (nSPS) is 10.8. The summed E-state index contributed by atoms with van der Waals surface area (Å²) in [5.74, 6) is 0.502. The number of hydrogen-bond acceptors (Lipinski definition) is 4. The van der Waals surface area contributed by atoms with Gasteiger partial charge in [-0.25, -0.2) is 9.97 Å². The van der Waals surface area contributed by atoms with Gasteiger partial charge in [0.2, 0.25) is 5.88 Å². The van der Waals surface area contributed by atoms with Gasteiger partial charge in [0.05, 0.1) is 11.5 Å². The highest BCUT2D eigenvalue weighted by Gasteiger charge is 2.10. The van der Waals surface area contributed by atoms with Crippen molar-refractivity contribution in [3.63, 3.8) is 0 Å². The molecule has 5 nitrogen and oxygen atoms in total. The average Bonchev–Trinajstić information content (AvgIpc) is 2.96. The molecule has 0 atom stereocenters. The van der Waals surface area contributed by atoms with Crippen LogP contribution in [-0.4, -0.2) is 15.0 Å². The van der Waals surface area contributed by atoms with E-state index in [-0.39, 0.29) is 0 Å². The lowest BCUT2D eigenvalue weighted by Gasteiger charge is -2.06. The Morgan fingerprint density at radius 2 is 2.10 bits per heavy atom. The molecule has 0 aliphatic carbocycles. The molecule has 0 bridgehead atoms. The summed E-state index contributed by atoms with van der Waals surface area (Å²) in [5, 5.41) is 9.43. The molecule has 0 unspecified atom stereocenters. The number of nitrogens with one attached hydrogen (secondary N) is 1. The zero-order valence-electron chi connectivity index (χ0n) is 11.2. The zero-order chi connectivity index (χ0) is 14.5. The van der Waals surface area contributed by atoms with Crippen LogP contribution in [-0.2, 0) is 6.61 Å². The number of aromatic nitrogens is 3. The van der Waals surface area contributed by atoms with Crippen molar-refractivity contribution in [1.82, 2.24) is 15.0 Å². The summed E-state index contributed by atoms with van der Waals surface area (Å²) in [5.41, 5.74) is 2.58. The fourth-order valence-electron chi connectivity index (χ4n) is 2.05. The molecule has 0 saturated carbocycles. The van der Waals surface area contributed by atoms with E-state index in [0.717, 1.165) is 16.5 Å². The van der Waals surface area contributed by atoms with E-state index in [9.17, 15) is 0 Å². The number of hydrogen-bond donors (Lipinski definition) is 1. The van der Waals surface area contributed by atoms with E-state index in [2.05, 4.69) is 15.0 Å². The maximum Gasteiger partial charge on any atom is 0.227 e. The van der Waals surface area contributed by atoms with Crippen LogP contribution in [0.2, 0.25) is 0 Å². The third-order valence-corrected chi connectivity index (χ3v) is 3.02. The van der Waals surface area contributed by atoms with Gasteiger partial charge in [-0.2, -0.15) is 5.26 Å². The minimum atomic E-state index is 0.430. The van der Waals surface area contributed by atoms with Gasteiger partial charge in [-0.05, 0) is 11.6 Å². The Labute approximate surface area is 121 Å². The van der Waals surface area contributed by atoms with Crippen LogP contribution in [0, 0.1) is 11.3 Å². The number of fused-ring (bicyclic) bond motifs is 1. The van der Waals surface area contributed by atoms with E-state index in [4.69, 9.17) is 10.00 Å². The molecule has 0 amide bonds. The van der Waals surface area contributed by atoms with Crippen molar-refractivity contribution in [3.8, 4) is 11.9 Å². The number of rotatable bonds is 4. The van der Waals surface area contributed by atoms with Gasteiger partial charge in [0, 0.05) is 17.8 Å². The molecule has 21 heavy (non-hydrogen) atoms. The second kappa shape index (κ2) is 5.88. The van der Waals surface area contributed by atoms with Crippen molar-refractivity contribution in [2.75, 3.05) is 0 Å². The number of aromatic amines is 1. The lowest BCUT2D eigenvalue weighted by molar-refractivity contribution is 0.297. The van der Waals surface area contributed by atoms with Crippen LogP contribution in [0.3, 0.4) is 0 Å². The Hall–Kier alpha value is -3.13. The number of nitrogens with zero attached hydrogens (tertiary/aromatic N) is 3. The highest BCUT2D eigenvalue weighted by molar-refractivity contribution is 5.90. The first-order chi connectivity index (χ1) is 10.4. The summed E-state index contributed by atoms with van der Waals surface area (Å²) >= 11 is 0. The summed E-state index contributed by atoms with van der Waals surface area (Å²) in [7, 11) is 0. The largest absolute Gasteiger partial charge is 0.472 e. The number of benzene rings is 1. The van der Waals surface area contributed by atoms with Gasteiger partial charge in [-0.1, -0.05) is 30.3 Å². The monoisotopic (exact) mass is 276 g/mol. The summed E-state index contributed by atoms with van der Waals surface area (Å²) in [6.07, 6.45) is 6.35. The minimum absolute atomic E-state index is 0.430. The standard InChI is InChI=1S/C16H12N4O/c17-8-4-7-13-9-18-15-14(13)16(20-11-19-15)21-10-12-5-2-1-3-6-12/h1-7,9,11H,10H2,(H,18,19,20)/b7-4+. The van der Waals surface area contributed by atoms with E-state index in [1.54, 1.807) is 12.3 Å². The Kier molecular flexibility index (Phi) is 3.61. The van der Waals surface area contributed by atoms with Gasteiger partial charge in [-0.3, -0.25) is 0 Å². The van der Waals surface area contributed by atoms with Crippen molar-refractivity contribution in [2.24, 2.45) is 0 Å². The van der Waals surface area contributed by atoms with Gasteiger partial charge in [0.25, 0.3) is 0 Å². The molecule has 1 aromatic carbocycles. The van der Waals surface area contributed by atoms with Crippen LogP contribution in [0.1, 0.15) is 11.1 Å². The van der Waals surface area contributed by atoms with Gasteiger partial charge < -0.3 is 9.72 Å². The molecule has 0 radical (unpaired) electrons. The Bertz CT molecular complexity index is 815. The molecule has 2 aromatic heterocycles. The maximum atomic E-state index is 8.65. The van der Waals surface area contributed by atoms with Crippen molar-refractivity contribution >= 4 is 17.1 Å². The molecule has 3 rings (SSSR count). The highest BCUT2D eigenvalue weighted by Crippen LogP contribution is 2.26. The average molecular weight is 276 g/mol. The SMILES string of the molecule is N#C/C=C/c1c[nH]c2ncnc(OCc3ccccc3)c12. The van der Waals surface area contributed by atoms with Crippen molar-refractivity contribution < 1.29 is 4.74 Å². The highest BCUT2D eigenvalue weighted by atomic mass is 16.5. The Morgan fingerprint density at radius 1 is 1.24 bits per heavy atom. The number of allylic oxidation sites excluding steroid dienone is 1. The number of ether oxygens (including phenoxy) is 1. The molecular weight excluding hydrogens is 264 g/mol. The smallest absolute Gasteiger partial charge is 0.227 e. The molecule has 1 N–H and O–H groups in total. The van der Waals surface area contributed by atoms with Crippen LogP contribution in [0.25, 0.3) is 17.1 Å². The molecule has 0 spiro atoms. The Morgan fingerprint density at radius 3 is 2.90 bits per heavy atom. The summed E-state index contributed by atoms with van der Waals surface area (Å²) in [4.78, 5) is 11.4. The first kappa shape index (κ1) is 12.9. The van der Waals surface area contributed by atoms with Crippen LogP contribution in [0.4, 0.5) is 0 Å². The summed E-state index contributed by atoms with van der Waals surface area (Å²) in [6, 6.07) is 11.8. The minimum Gasteiger partial charge on any atom is -0.472 e. The lowest BCUT2D eigenvalue weighted by atomic mass is 10.2. The van der Waals surface area contributed by atoms with Crippen molar-refractivity contribution in [3.05, 3.63) is 60.1 Å². The van der Waals surface area contributed by atoms with Crippen LogP contribution < -0.4 is 4.74 Å². The molecule has 2 heterocycles. The number of H-pyrrole nitrogens is 1. The third kappa shape index (κ3) is 2.74. The predicted molar refractivity (Wildman–Crippen MR) is 79.3 cm³/mol. The fourth-order valence-corrected chi connectivity index (χ4v) is 2.05. The number of nitriles is 1. The van der Waals surface area contributed by atoms with Gasteiger partial charge in [0.15, 0.2) is 0 Å². The lowest BCUT2D eigenvalue weighted by Crippen LogP contribution is -1.98. The molecule has 5 heteroatoms. The quantitative estimate of drug-likeness (QED) is 0.743. The fraction of sp³-hybridized carbons (Fsp3) is 0.0625. The first-order valence-corrected chi connectivity index (χ1v) is 6.43. The van der Waals surface area contributed by atoms with Gasteiger partial charge in [-0.15, -0.1) is 0 Å².